The highest BCUT2D eigenvalue weighted by Gasteiger charge is 2.18. The van der Waals surface area contributed by atoms with E-state index in [2.05, 4.69) is 10.4 Å². The molecule has 0 saturated carbocycles. The topological polar surface area (TPSA) is 87.8 Å². The molecule has 0 spiro atoms. The summed E-state index contributed by atoms with van der Waals surface area (Å²) in [6.45, 7) is 8.53. The maximum Gasteiger partial charge on any atom is 0.291 e. The molecule has 36 heavy (non-hydrogen) atoms. The van der Waals surface area contributed by atoms with Crippen LogP contribution in [0.1, 0.15) is 44.4 Å². The lowest BCUT2D eigenvalue weighted by molar-refractivity contribution is 0.0992. The normalized spacial score (nSPS) is 10.8. The molecule has 8 heteroatoms. The van der Waals surface area contributed by atoms with Crippen molar-refractivity contribution in [1.82, 2.24) is 9.78 Å². The summed E-state index contributed by atoms with van der Waals surface area (Å²) in [6, 6.07) is 15.1. The Morgan fingerprint density at radius 2 is 1.69 bits per heavy atom. The summed E-state index contributed by atoms with van der Waals surface area (Å²) >= 11 is 0. The number of rotatable bonds is 9. The summed E-state index contributed by atoms with van der Waals surface area (Å²) < 4.78 is 24.3. The van der Waals surface area contributed by atoms with Crippen molar-refractivity contribution in [1.29, 1.82) is 0 Å². The zero-order valence-corrected chi connectivity index (χ0v) is 21.5. The van der Waals surface area contributed by atoms with Crippen LogP contribution in [0.4, 0.5) is 5.69 Å². The van der Waals surface area contributed by atoms with Crippen molar-refractivity contribution in [3.8, 4) is 17.2 Å². The number of methoxy groups -OCH3 is 2. The number of carbonyl (C=O) groups excluding carboxylic acids is 1. The van der Waals surface area contributed by atoms with Gasteiger partial charge in [-0.2, -0.15) is 5.10 Å². The molecule has 0 bridgehead atoms. The quantitative estimate of drug-likeness (QED) is 0.329. The van der Waals surface area contributed by atoms with E-state index >= 15 is 0 Å². The van der Waals surface area contributed by atoms with Crippen molar-refractivity contribution >= 4 is 11.6 Å². The first-order chi connectivity index (χ1) is 17.3. The lowest BCUT2D eigenvalue weighted by Crippen LogP contribution is -2.12. The van der Waals surface area contributed by atoms with Crippen molar-refractivity contribution < 1.29 is 23.4 Å². The number of hydrogen-bond acceptors (Lipinski definition) is 6. The maximum absolute atomic E-state index is 12.9. The van der Waals surface area contributed by atoms with Gasteiger partial charge in [-0.25, -0.2) is 0 Å². The van der Waals surface area contributed by atoms with E-state index in [4.69, 9.17) is 18.6 Å². The molecule has 0 aliphatic rings. The van der Waals surface area contributed by atoms with E-state index in [1.807, 2.05) is 68.8 Å². The Morgan fingerprint density at radius 3 is 2.39 bits per heavy atom. The molecule has 0 atom stereocenters. The molecule has 0 radical (unpaired) electrons. The van der Waals surface area contributed by atoms with Crippen molar-refractivity contribution in [2.24, 2.45) is 0 Å². The molecule has 0 unspecified atom stereocenters. The Balaban J connectivity index is 1.44. The number of hydrogen-bond donors (Lipinski definition) is 1. The van der Waals surface area contributed by atoms with Crippen LogP contribution in [-0.4, -0.2) is 29.9 Å². The number of nitrogens with zero attached hydrogens (tertiary/aromatic N) is 2. The van der Waals surface area contributed by atoms with Crippen molar-refractivity contribution in [3.05, 3.63) is 88.1 Å². The third kappa shape index (κ3) is 5.22. The molecule has 0 aliphatic carbocycles. The van der Waals surface area contributed by atoms with Gasteiger partial charge in [-0.05, 0) is 68.7 Å². The fourth-order valence-corrected chi connectivity index (χ4v) is 4.11. The number of benzene rings is 2. The second kappa shape index (κ2) is 10.6. The summed E-state index contributed by atoms with van der Waals surface area (Å²) in [4.78, 5) is 12.9. The number of ether oxygens (including phenoxy) is 3. The van der Waals surface area contributed by atoms with Crippen LogP contribution in [0, 0.1) is 27.7 Å². The molecule has 2 aromatic carbocycles. The van der Waals surface area contributed by atoms with E-state index in [0.29, 0.717) is 35.2 Å². The predicted molar refractivity (Wildman–Crippen MR) is 137 cm³/mol. The van der Waals surface area contributed by atoms with Gasteiger partial charge in [0.2, 0.25) is 0 Å². The molecule has 0 fully saturated rings. The van der Waals surface area contributed by atoms with E-state index in [-0.39, 0.29) is 18.3 Å². The zero-order chi connectivity index (χ0) is 25.8. The highest BCUT2D eigenvalue weighted by molar-refractivity contribution is 6.02. The standard InChI is InChI=1S/C28H31N3O5/c1-17-8-7-9-18(2)27(17)35-16-22-11-13-24(36-22)28(32)29-26-19(3)30-31(20(26)4)15-21-10-12-23(33-5)25(14-21)34-6/h7-14H,15-16H2,1-6H3,(H,29,32). The van der Waals surface area contributed by atoms with E-state index in [1.165, 1.54) is 0 Å². The first-order valence-corrected chi connectivity index (χ1v) is 11.6. The lowest BCUT2D eigenvalue weighted by Gasteiger charge is -2.11. The molecule has 2 aromatic heterocycles. The molecule has 1 amide bonds. The summed E-state index contributed by atoms with van der Waals surface area (Å²) in [5.74, 6) is 2.58. The van der Waals surface area contributed by atoms with Gasteiger partial charge in [-0.15, -0.1) is 0 Å². The van der Waals surface area contributed by atoms with Crippen molar-refractivity contribution in [3.63, 3.8) is 0 Å². The van der Waals surface area contributed by atoms with Gasteiger partial charge in [0.25, 0.3) is 5.91 Å². The van der Waals surface area contributed by atoms with E-state index in [1.54, 1.807) is 26.4 Å². The fraction of sp³-hybridized carbons (Fsp3) is 0.286. The predicted octanol–water partition coefficient (Wildman–Crippen LogP) is 5.61. The number of carbonyl (C=O) groups is 1. The summed E-state index contributed by atoms with van der Waals surface area (Å²) in [7, 11) is 3.21. The van der Waals surface area contributed by atoms with Crippen LogP contribution in [0.2, 0.25) is 0 Å². The molecule has 4 aromatic rings. The number of aryl methyl sites for hydroxylation is 3. The third-order valence-electron chi connectivity index (χ3n) is 6.05. The Labute approximate surface area is 210 Å². The second-order valence-electron chi connectivity index (χ2n) is 8.62. The Hall–Kier alpha value is -4.20. The summed E-state index contributed by atoms with van der Waals surface area (Å²) in [5.41, 5.74) is 5.30. The van der Waals surface area contributed by atoms with E-state index < -0.39 is 0 Å². The van der Waals surface area contributed by atoms with Crippen LogP contribution in [0.5, 0.6) is 17.2 Å². The number of anilines is 1. The third-order valence-corrected chi connectivity index (χ3v) is 6.05. The molecule has 0 aliphatic heterocycles. The van der Waals surface area contributed by atoms with Crippen molar-refractivity contribution in [2.75, 3.05) is 19.5 Å². The highest BCUT2D eigenvalue weighted by Crippen LogP contribution is 2.29. The van der Waals surface area contributed by atoms with Gasteiger partial charge in [-0.1, -0.05) is 24.3 Å². The zero-order valence-electron chi connectivity index (χ0n) is 21.5. The van der Waals surface area contributed by atoms with Crippen LogP contribution in [0.15, 0.2) is 52.9 Å². The largest absolute Gasteiger partial charge is 0.493 e. The van der Waals surface area contributed by atoms with Gasteiger partial charge in [0.15, 0.2) is 17.3 Å². The minimum absolute atomic E-state index is 0.210. The van der Waals surface area contributed by atoms with Crippen molar-refractivity contribution in [2.45, 2.75) is 40.8 Å². The first-order valence-electron chi connectivity index (χ1n) is 11.6. The minimum Gasteiger partial charge on any atom is -0.493 e. The average molecular weight is 490 g/mol. The van der Waals surface area contributed by atoms with Gasteiger partial charge in [-0.3, -0.25) is 9.48 Å². The van der Waals surface area contributed by atoms with Gasteiger partial charge in [0, 0.05) is 0 Å². The second-order valence-corrected chi connectivity index (χ2v) is 8.62. The Morgan fingerprint density at radius 1 is 0.972 bits per heavy atom. The van der Waals surface area contributed by atoms with Gasteiger partial charge in [0.1, 0.15) is 18.1 Å². The summed E-state index contributed by atoms with van der Waals surface area (Å²) in [6.07, 6.45) is 0. The SMILES string of the molecule is COc1ccc(Cn2nc(C)c(NC(=O)c3ccc(COc4c(C)cccc4C)o3)c2C)cc1OC. The van der Waals surface area contributed by atoms with E-state index in [0.717, 1.165) is 28.1 Å². The van der Waals surface area contributed by atoms with Crippen LogP contribution in [-0.2, 0) is 13.2 Å². The smallest absolute Gasteiger partial charge is 0.291 e. The molecule has 0 saturated heterocycles. The molecule has 188 valence electrons. The maximum atomic E-state index is 12.9. The molecular weight excluding hydrogens is 458 g/mol. The van der Waals surface area contributed by atoms with Gasteiger partial charge in [0.05, 0.1) is 37.8 Å². The van der Waals surface area contributed by atoms with Gasteiger partial charge >= 0.3 is 0 Å². The summed E-state index contributed by atoms with van der Waals surface area (Å²) in [5, 5.41) is 7.56. The fourth-order valence-electron chi connectivity index (χ4n) is 4.11. The van der Waals surface area contributed by atoms with Crippen LogP contribution >= 0.6 is 0 Å². The number of aromatic nitrogens is 2. The minimum atomic E-state index is -0.342. The number of nitrogens with one attached hydrogen (secondary N) is 1. The number of furan rings is 1. The Bertz CT molecular complexity index is 1370. The van der Waals surface area contributed by atoms with Crippen LogP contribution < -0.4 is 19.5 Å². The van der Waals surface area contributed by atoms with Crippen LogP contribution in [0.3, 0.4) is 0 Å². The molecule has 8 nitrogen and oxygen atoms in total. The highest BCUT2D eigenvalue weighted by atomic mass is 16.5. The van der Waals surface area contributed by atoms with E-state index in [9.17, 15) is 4.79 Å². The molecule has 4 rings (SSSR count). The number of amides is 1. The monoisotopic (exact) mass is 489 g/mol. The molecular formula is C28H31N3O5. The number of para-hydroxylation sites is 1. The Kier molecular flexibility index (Phi) is 7.33. The lowest BCUT2D eigenvalue weighted by atomic mass is 10.1. The average Bonchev–Trinajstić information content (AvgIpc) is 3.44. The molecule has 2 heterocycles. The first kappa shape index (κ1) is 24.9. The van der Waals surface area contributed by atoms with Gasteiger partial charge < -0.3 is 23.9 Å². The molecule has 1 N–H and O–H groups in total. The van der Waals surface area contributed by atoms with Crippen LogP contribution in [0.25, 0.3) is 0 Å².